The van der Waals surface area contributed by atoms with Gasteiger partial charge in [-0.1, -0.05) is 26.0 Å². The van der Waals surface area contributed by atoms with E-state index in [1.165, 1.54) is 5.75 Å². The van der Waals surface area contributed by atoms with Crippen LogP contribution in [0.4, 0.5) is 0 Å². The summed E-state index contributed by atoms with van der Waals surface area (Å²) in [6.07, 6.45) is 0. The zero-order valence-corrected chi connectivity index (χ0v) is 11.8. The topological polar surface area (TPSA) is 18.5 Å². The normalized spacial score (nSPS) is 10.6. The molecule has 0 spiro atoms. The van der Waals surface area contributed by atoms with E-state index in [1.54, 1.807) is 0 Å². The van der Waals surface area contributed by atoms with Crippen LogP contribution in [0.3, 0.4) is 0 Å². The van der Waals surface area contributed by atoms with Crippen molar-refractivity contribution in [3.05, 3.63) is 24.3 Å². The smallest absolute Gasteiger partial charge is 0.161 e. The summed E-state index contributed by atoms with van der Waals surface area (Å²) in [4.78, 5) is 0. The van der Waals surface area contributed by atoms with Crippen LogP contribution < -0.4 is 9.47 Å². The van der Waals surface area contributed by atoms with Gasteiger partial charge in [-0.15, -0.1) is 0 Å². The zero-order valence-electron chi connectivity index (χ0n) is 10.9. The van der Waals surface area contributed by atoms with Crippen LogP contribution in [0.5, 0.6) is 11.5 Å². The van der Waals surface area contributed by atoms with Crippen molar-refractivity contribution in [2.45, 2.75) is 20.8 Å². The standard InChI is InChI=1S/C14H22O2S/c1-4-15-13-7-5-6-8-14(13)16-9-10-17-11-12(2)3/h5-8,12H,4,9-11H2,1-3H3. The Morgan fingerprint density at radius 3 is 2.35 bits per heavy atom. The molecule has 1 aromatic carbocycles. The Labute approximate surface area is 109 Å². The van der Waals surface area contributed by atoms with Crippen molar-refractivity contribution in [3.63, 3.8) is 0 Å². The molecule has 0 saturated heterocycles. The van der Waals surface area contributed by atoms with E-state index >= 15 is 0 Å². The van der Waals surface area contributed by atoms with Crippen molar-refractivity contribution in [1.82, 2.24) is 0 Å². The van der Waals surface area contributed by atoms with Gasteiger partial charge in [-0.2, -0.15) is 11.8 Å². The molecule has 0 heterocycles. The third-order valence-corrected chi connectivity index (χ3v) is 3.44. The fourth-order valence-electron chi connectivity index (χ4n) is 1.37. The molecule has 96 valence electrons. The highest BCUT2D eigenvalue weighted by molar-refractivity contribution is 7.99. The van der Waals surface area contributed by atoms with Gasteiger partial charge in [-0.25, -0.2) is 0 Å². The van der Waals surface area contributed by atoms with Gasteiger partial charge in [0, 0.05) is 5.75 Å². The number of para-hydroxylation sites is 2. The van der Waals surface area contributed by atoms with E-state index < -0.39 is 0 Å². The summed E-state index contributed by atoms with van der Waals surface area (Å²) >= 11 is 1.93. The van der Waals surface area contributed by atoms with Gasteiger partial charge in [0.15, 0.2) is 11.5 Å². The summed E-state index contributed by atoms with van der Waals surface area (Å²) in [6, 6.07) is 7.84. The van der Waals surface area contributed by atoms with E-state index in [-0.39, 0.29) is 0 Å². The van der Waals surface area contributed by atoms with Crippen molar-refractivity contribution in [2.75, 3.05) is 24.7 Å². The summed E-state index contributed by atoms with van der Waals surface area (Å²) in [5.74, 6) is 4.65. The van der Waals surface area contributed by atoms with E-state index in [2.05, 4.69) is 13.8 Å². The van der Waals surface area contributed by atoms with E-state index in [0.717, 1.165) is 29.8 Å². The minimum absolute atomic E-state index is 0.669. The molecule has 1 aromatic rings. The Morgan fingerprint density at radius 1 is 1.12 bits per heavy atom. The number of benzene rings is 1. The Kier molecular flexibility index (Phi) is 6.94. The molecular formula is C14H22O2S. The highest BCUT2D eigenvalue weighted by Crippen LogP contribution is 2.26. The molecule has 3 heteroatoms. The first-order chi connectivity index (χ1) is 8.24. The van der Waals surface area contributed by atoms with Crippen LogP contribution in [0.15, 0.2) is 24.3 Å². The number of hydrogen-bond donors (Lipinski definition) is 0. The average Bonchev–Trinajstić information content (AvgIpc) is 2.31. The van der Waals surface area contributed by atoms with E-state index in [4.69, 9.17) is 9.47 Å². The van der Waals surface area contributed by atoms with Gasteiger partial charge in [-0.3, -0.25) is 0 Å². The monoisotopic (exact) mass is 254 g/mol. The summed E-state index contributed by atoms with van der Waals surface area (Å²) in [5.41, 5.74) is 0. The average molecular weight is 254 g/mol. The lowest BCUT2D eigenvalue weighted by Crippen LogP contribution is -2.04. The fourth-order valence-corrected chi connectivity index (χ4v) is 2.21. The van der Waals surface area contributed by atoms with Gasteiger partial charge in [0.1, 0.15) is 0 Å². The van der Waals surface area contributed by atoms with Crippen molar-refractivity contribution >= 4 is 11.8 Å². The molecular weight excluding hydrogens is 232 g/mol. The van der Waals surface area contributed by atoms with Crippen LogP contribution >= 0.6 is 11.8 Å². The highest BCUT2D eigenvalue weighted by atomic mass is 32.2. The Bertz CT molecular complexity index is 313. The summed E-state index contributed by atoms with van der Waals surface area (Å²) < 4.78 is 11.2. The molecule has 0 amide bonds. The van der Waals surface area contributed by atoms with Crippen LogP contribution in [0.1, 0.15) is 20.8 Å². The molecule has 0 atom stereocenters. The molecule has 1 rings (SSSR count). The summed E-state index contributed by atoms with van der Waals surface area (Å²) in [7, 11) is 0. The van der Waals surface area contributed by atoms with Gasteiger partial charge in [-0.05, 0) is 30.7 Å². The Balaban J connectivity index is 2.30. The first kappa shape index (κ1) is 14.2. The second kappa shape index (κ2) is 8.29. The van der Waals surface area contributed by atoms with Crippen LogP contribution in [0.2, 0.25) is 0 Å². The third kappa shape index (κ3) is 5.87. The lowest BCUT2D eigenvalue weighted by atomic mass is 10.3. The maximum Gasteiger partial charge on any atom is 0.161 e. The second-order valence-corrected chi connectivity index (χ2v) is 5.35. The number of rotatable bonds is 8. The van der Waals surface area contributed by atoms with Gasteiger partial charge in [0.25, 0.3) is 0 Å². The molecule has 0 aliphatic carbocycles. The van der Waals surface area contributed by atoms with E-state index in [9.17, 15) is 0 Å². The molecule has 0 aliphatic heterocycles. The molecule has 0 aliphatic rings. The predicted octanol–water partition coefficient (Wildman–Crippen LogP) is 3.85. The number of thioether (sulfide) groups is 1. The SMILES string of the molecule is CCOc1ccccc1OCCSCC(C)C. The Hall–Kier alpha value is -0.830. The molecule has 0 N–H and O–H groups in total. The maximum atomic E-state index is 5.73. The zero-order chi connectivity index (χ0) is 12.5. The minimum atomic E-state index is 0.669. The lowest BCUT2D eigenvalue weighted by Gasteiger charge is -2.11. The summed E-state index contributed by atoms with van der Waals surface area (Å²) in [5, 5.41) is 0. The summed E-state index contributed by atoms with van der Waals surface area (Å²) in [6.45, 7) is 7.86. The van der Waals surface area contributed by atoms with Crippen molar-refractivity contribution in [3.8, 4) is 11.5 Å². The minimum Gasteiger partial charge on any atom is -0.490 e. The van der Waals surface area contributed by atoms with Gasteiger partial charge < -0.3 is 9.47 Å². The van der Waals surface area contributed by atoms with Crippen molar-refractivity contribution < 1.29 is 9.47 Å². The molecule has 0 saturated carbocycles. The lowest BCUT2D eigenvalue weighted by molar-refractivity contribution is 0.289. The maximum absolute atomic E-state index is 5.73. The van der Waals surface area contributed by atoms with Crippen LogP contribution in [-0.4, -0.2) is 24.7 Å². The fraction of sp³-hybridized carbons (Fsp3) is 0.571. The van der Waals surface area contributed by atoms with Crippen LogP contribution in [-0.2, 0) is 0 Å². The van der Waals surface area contributed by atoms with Crippen molar-refractivity contribution in [1.29, 1.82) is 0 Å². The molecule has 0 aromatic heterocycles. The first-order valence-electron chi connectivity index (χ1n) is 6.16. The van der Waals surface area contributed by atoms with E-state index in [0.29, 0.717) is 6.61 Å². The number of ether oxygens (including phenoxy) is 2. The predicted molar refractivity (Wildman–Crippen MR) is 75.3 cm³/mol. The van der Waals surface area contributed by atoms with Crippen molar-refractivity contribution in [2.24, 2.45) is 5.92 Å². The van der Waals surface area contributed by atoms with E-state index in [1.807, 2.05) is 43.0 Å². The molecule has 0 radical (unpaired) electrons. The third-order valence-electron chi connectivity index (χ3n) is 2.09. The molecule has 0 fully saturated rings. The quantitative estimate of drug-likeness (QED) is 0.656. The highest BCUT2D eigenvalue weighted by Gasteiger charge is 2.03. The molecule has 17 heavy (non-hydrogen) atoms. The second-order valence-electron chi connectivity index (χ2n) is 4.20. The van der Waals surface area contributed by atoms with Gasteiger partial charge in [0.05, 0.1) is 13.2 Å². The molecule has 0 bridgehead atoms. The Morgan fingerprint density at radius 2 is 1.76 bits per heavy atom. The van der Waals surface area contributed by atoms with Gasteiger partial charge in [0.2, 0.25) is 0 Å². The molecule has 0 unspecified atom stereocenters. The van der Waals surface area contributed by atoms with Crippen LogP contribution in [0.25, 0.3) is 0 Å². The molecule has 2 nitrogen and oxygen atoms in total. The largest absolute Gasteiger partial charge is 0.490 e. The van der Waals surface area contributed by atoms with Gasteiger partial charge >= 0.3 is 0 Å². The van der Waals surface area contributed by atoms with Crippen LogP contribution in [0, 0.1) is 5.92 Å². The first-order valence-corrected chi connectivity index (χ1v) is 7.32. The number of hydrogen-bond acceptors (Lipinski definition) is 3.